The van der Waals surface area contributed by atoms with Crippen molar-refractivity contribution in [3.05, 3.63) is 29.3 Å². The fourth-order valence-electron chi connectivity index (χ4n) is 1.94. The fraction of sp³-hybridized carbons (Fsp3) is 0.333. The molecule has 1 aromatic rings. The van der Waals surface area contributed by atoms with E-state index in [0.29, 0.717) is 5.75 Å². The van der Waals surface area contributed by atoms with E-state index in [4.69, 9.17) is 10.5 Å². The van der Waals surface area contributed by atoms with Crippen LogP contribution in [0.15, 0.2) is 23.2 Å². The van der Waals surface area contributed by atoms with Crippen LogP contribution in [-0.2, 0) is 10.3 Å². The van der Waals surface area contributed by atoms with Gasteiger partial charge in [0.2, 0.25) is 0 Å². The first-order valence-corrected chi connectivity index (χ1v) is 5.29. The van der Waals surface area contributed by atoms with Gasteiger partial charge in [0, 0.05) is 5.56 Å². The molecule has 0 saturated heterocycles. The Morgan fingerprint density at radius 1 is 1.47 bits per heavy atom. The van der Waals surface area contributed by atoms with Crippen molar-refractivity contribution in [1.29, 1.82) is 0 Å². The number of nitrogens with one attached hydrogen (secondary N) is 1. The van der Waals surface area contributed by atoms with Crippen LogP contribution in [0, 0.1) is 6.92 Å². The summed E-state index contributed by atoms with van der Waals surface area (Å²) in [6.45, 7) is 3.67. The van der Waals surface area contributed by atoms with Gasteiger partial charge in [0.15, 0.2) is 11.5 Å². The highest BCUT2D eigenvalue weighted by molar-refractivity contribution is 6.07. The van der Waals surface area contributed by atoms with E-state index in [1.807, 2.05) is 25.1 Å². The highest BCUT2D eigenvalue weighted by atomic mass is 16.5. The SMILES string of the molecule is COc1ccc(C)cc1C1(C)N=C(N)NC1=O. The third-order valence-electron chi connectivity index (χ3n) is 2.91. The maximum Gasteiger partial charge on any atom is 0.259 e. The number of methoxy groups -OCH3 is 1. The predicted molar refractivity (Wildman–Crippen MR) is 64.8 cm³/mol. The number of ether oxygens (including phenoxy) is 1. The van der Waals surface area contributed by atoms with E-state index < -0.39 is 5.54 Å². The Morgan fingerprint density at radius 2 is 2.18 bits per heavy atom. The predicted octanol–water partition coefficient (Wildman–Crippen LogP) is 0.663. The number of rotatable bonds is 2. The molecule has 0 aromatic heterocycles. The van der Waals surface area contributed by atoms with Gasteiger partial charge in [0.05, 0.1) is 7.11 Å². The minimum Gasteiger partial charge on any atom is -0.496 e. The molecule has 1 aromatic carbocycles. The maximum atomic E-state index is 11.9. The summed E-state index contributed by atoms with van der Waals surface area (Å²) in [4.78, 5) is 16.1. The van der Waals surface area contributed by atoms with Crippen LogP contribution in [0.2, 0.25) is 0 Å². The van der Waals surface area contributed by atoms with Gasteiger partial charge in [-0.1, -0.05) is 11.6 Å². The number of hydrogen-bond acceptors (Lipinski definition) is 4. The quantitative estimate of drug-likeness (QED) is 0.788. The Morgan fingerprint density at radius 3 is 2.71 bits per heavy atom. The molecule has 5 heteroatoms. The van der Waals surface area contributed by atoms with Crippen LogP contribution < -0.4 is 15.8 Å². The Hall–Kier alpha value is -2.04. The average Bonchev–Trinajstić information content (AvgIpc) is 2.53. The molecule has 17 heavy (non-hydrogen) atoms. The van der Waals surface area contributed by atoms with E-state index in [-0.39, 0.29) is 11.9 Å². The van der Waals surface area contributed by atoms with Gasteiger partial charge in [-0.25, -0.2) is 4.99 Å². The summed E-state index contributed by atoms with van der Waals surface area (Å²) in [6, 6.07) is 5.64. The van der Waals surface area contributed by atoms with E-state index >= 15 is 0 Å². The van der Waals surface area contributed by atoms with Crippen LogP contribution in [-0.4, -0.2) is 19.0 Å². The van der Waals surface area contributed by atoms with Crippen LogP contribution in [0.5, 0.6) is 5.75 Å². The summed E-state index contributed by atoms with van der Waals surface area (Å²) in [6.07, 6.45) is 0. The summed E-state index contributed by atoms with van der Waals surface area (Å²) in [7, 11) is 1.57. The lowest BCUT2D eigenvalue weighted by atomic mass is 9.90. The van der Waals surface area contributed by atoms with E-state index in [0.717, 1.165) is 11.1 Å². The number of carbonyl (C=O) groups excluding carboxylic acids is 1. The largest absolute Gasteiger partial charge is 0.496 e. The molecule has 1 atom stereocenters. The van der Waals surface area contributed by atoms with Crippen molar-refractivity contribution in [2.24, 2.45) is 10.7 Å². The van der Waals surface area contributed by atoms with Gasteiger partial charge in [-0.3, -0.25) is 10.1 Å². The van der Waals surface area contributed by atoms with Gasteiger partial charge in [-0.15, -0.1) is 0 Å². The van der Waals surface area contributed by atoms with E-state index in [1.165, 1.54) is 0 Å². The van der Waals surface area contributed by atoms with E-state index in [1.54, 1.807) is 14.0 Å². The van der Waals surface area contributed by atoms with Crippen molar-refractivity contribution in [2.45, 2.75) is 19.4 Å². The topological polar surface area (TPSA) is 76.7 Å². The van der Waals surface area contributed by atoms with Gasteiger partial charge in [-0.05, 0) is 26.0 Å². The third-order valence-corrected chi connectivity index (χ3v) is 2.91. The normalized spacial score (nSPS) is 23.2. The van der Waals surface area contributed by atoms with Gasteiger partial charge < -0.3 is 10.5 Å². The van der Waals surface area contributed by atoms with Gasteiger partial charge in [0.25, 0.3) is 5.91 Å². The molecule has 1 aliphatic rings. The van der Waals surface area contributed by atoms with Crippen molar-refractivity contribution in [2.75, 3.05) is 7.11 Å². The molecule has 0 fully saturated rings. The Balaban J connectivity index is 2.60. The Labute approximate surface area is 99.7 Å². The number of aryl methyl sites for hydroxylation is 1. The molecule has 0 aliphatic carbocycles. The number of hydrogen-bond donors (Lipinski definition) is 2. The van der Waals surface area contributed by atoms with Crippen LogP contribution in [0.3, 0.4) is 0 Å². The molecule has 90 valence electrons. The van der Waals surface area contributed by atoms with E-state index in [9.17, 15) is 4.79 Å². The summed E-state index contributed by atoms with van der Waals surface area (Å²) >= 11 is 0. The number of benzene rings is 1. The summed E-state index contributed by atoms with van der Waals surface area (Å²) in [5, 5.41) is 2.51. The molecule has 0 radical (unpaired) electrons. The second-order valence-corrected chi connectivity index (χ2v) is 4.23. The zero-order valence-corrected chi connectivity index (χ0v) is 10.1. The first kappa shape index (κ1) is 11.4. The van der Waals surface area contributed by atoms with Crippen molar-refractivity contribution in [3.63, 3.8) is 0 Å². The van der Waals surface area contributed by atoms with Gasteiger partial charge in [0.1, 0.15) is 5.75 Å². The first-order chi connectivity index (χ1) is 7.97. The van der Waals surface area contributed by atoms with Crippen LogP contribution in [0.4, 0.5) is 0 Å². The zero-order valence-electron chi connectivity index (χ0n) is 10.1. The molecule has 0 spiro atoms. The van der Waals surface area contributed by atoms with Crippen molar-refractivity contribution in [1.82, 2.24) is 5.32 Å². The summed E-state index contributed by atoms with van der Waals surface area (Å²) in [5.41, 5.74) is 6.29. The molecular weight excluding hydrogens is 218 g/mol. The summed E-state index contributed by atoms with van der Waals surface area (Å²) in [5.74, 6) is 0.534. The van der Waals surface area contributed by atoms with Crippen molar-refractivity contribution < 1.29 is 9.53 Å². The second-order valence-electron chi connectivity index (χ2n) is 4.23. The number of amides is 1. The summed E-state index contributed by atoms with van der Waals surface area (Å²) < 4.78 is 5.27. The number of aliphatic imine (C=N–C) groups is 1. The molecular formula is C12H15N3O2. The van der Waals surface area contributed by atoms with Crippen molar-refractivity contribution in [3.8, 4) is 5.75 Å². The number of carbonyl (C=O) groups is 1. The molecule has 5 nitrogen and oxygen atoms in total. The van der Waals surface area contributed by atoms with Crippen LogP contribution in [0.1, 0.15) is 18.1 Å². The second kappa shape index (κ2) is 3.76. The fourth-order valence-corrected chi connectivity index (χ4v) is 1.94. The molecule has 1 amide bonds. The molecule has 3 N–H and O–H groups in total. The lowest BCUT2D eigenvalue weighted by Gasteiger charge is -2.21. The smallest absolute Gasteiger partial charge is 0.259 e. The number of guanidine groups is 1. The Kier molecular flexibility index (Phi) is 2.53. The van der Waals surface area contributed by atoms with Gasteiger partial charge >= 0.3 is 0 Å². The lowest BCUT2D eigenvalue weighted by Crippen LogP contribution is -2.37. The van der Waals surface area contributed by atoms with E-state index in [2.05, 4.69) is 10.3 Å². The molecule has 1 aliphatic heterocycles. The third kappa shape index (κ3) is 1.73. The molecule has 0 saturated carbocycles. The standard InChI is InChI=1S/C12H15N3O2/c1-7-4-5-9(17-3)8(6-7)12(2)10(16)14-11(13)15-12/h4-6H,1-3H3,(H3,13,14,15,16). The molecule has 1 heterocycles. The monoisotopic (exact) mass is 233 g/mol. The minimum absolute atomic E-state index is 0.140. The van der Waals surface area contributed by atoms with Crippen LogP contribution in [0.25, 0.3) is 0 Å². The Bertz CT molecular complexity index is 510. The molecule has 2 rings (SSSR count). The van der Waals surface area contributed by atoms with Crippen LogP contribution >= 0.6 is 0 Å². The maximum absolute atomic E-state index is 11.9. The molecule has 0 bridgehead atoms. The lowest BCUT2D eigenvalue weighted by molar-refractivity contribution is -0.123. The molecule has 1 unspecified atom stereocenters. The zero-order chi connectivity index (χ0) is 12.6. The minimum atomic E-state index is -1.01. The van der Waals surface area contributed by atoms with Gasteiger partial charge in [-0.2, -0.15) is 0 Å². The highest BCUT2D eigenvalue weighted by Crippen LogP contribution is 2.35. The van der Waals surface area contributed by atoms with Crippen molar-refractivity contribution >= 4 is 11.9 Å². The first-order valence-electron chi connectivity index (χ1n) is 5.29. The number of nitrogens with zero attached hydrogens (tertiary/aromatic N) is 1. The average molecular weight is 233 g/mol. The number of nitrogens with two attached hydrogens (primary N) is 1. The highest BCUT2D eigenvalue weighted by Gasteiger charge is 2.42.